The number of hydrogen-bond donors (Lipinski definition) is 19. The molecule has 0 spiro atoms. The summed E-state index contributed by atoms with van der Waals surface area (Å²) in [6.45, 7) is -3.21. The minimum Gasteiger partial charge on any atom is -0.477 e. The van der Waals surface area contributed by atoms with Crippen molar-refractivity contribution in [3.63, 3.8) is 0 Å². The van der Waals surface area contributed by atoms with Crippen molar-refractivity contribution in [3.8, 4) is 0 Å². The van der Waals surface area contributed by atoms with Gasteiger partial charge in [-0.1, -0.05) is 0 Å². The minimum atomic E-state index is -3.17. The van der Waals surface area contributed by atoms with E-state index in [4.69, 9.17) is 42.6 Å². The number of ether oxygens (including phenoxy) is 9. The molecule has 19 N–H and O–H groups in total. The number of carboxylic acids is 1. The lowest BCUT2D eigenvalue weighted by Gasteiger charge is -2.51. The van der Waals surface area contributed by atoms with Gasteiger partial charge in [-0.2, -0.15) is 0 Å². The number of carbonyl (C=O) groups is 3. The summed E-state index contributed by atoms with van der Waals surface area (Å²) < 4.78 is 50.3. The van der Waals surface area contributed by atoms with Gasteiger partial charge in [0.2, 0.25) is 11.8 Å². The summed E-state index contributed by atoms with van der Waals surface area (Å²) in [7, 11) is 0. The molecule has 0 bridgehead atoms. The smallest absolute Gasteiger partial charge is 0.364 e. The van der Waals surface area contributed by atoms with Crippen molar-refractivity contribution in [1.82, 2.24) is 10.6 Å². The van der Waals surface area contributed by atoms with E-state index in [1.54, 1.807) is 0 Å². The van der Waals surface area contributed by atoms with E-state index < -0.39 is 216 Å². The molecule has 0 unspecified atom stereocenters. The highest BCUT2D eigenvalue weighted by Gasteiger charge is 2.61. The van der Waals surface area contributed by atoms with Gasteiger partial charge in [-0.15, -0.1) is 0 Å². The number of aliphatic carboxylic acids is 1. The van der Waals surface area contributed by atoms with Crippen LogP contribution in [0.5, 0.6) is 0 Å². The third kappa shape index (κ3) is 11.8. The van der Waals surface area contributed by atoms with Gasteiger partial charge >= 0.3 is 5.97 Å². The maximum atomic E-state index is 12.9. The van der Waals surface area contributed by atoms with Crippen LogP contribution in [0.4, 0.5) is 0 Å². The molecule has 0 radical (unpaired) electrons. The molecule has 0 saturated carbocycles. The van der Waals surface area contributed by atoms with Gasteiger partial charge in [0.05, 0.1) is 45.2 Å². The molecule has 68 heavy (non-hydrogen) atoms. The van der Waals surface area contributed by atoms with Crippen molar-refractivity contribution in [2.45, 2.75) is 179 Å². The highest BCUT2D eigenvalue weighted by molar-refractivity contribution is 5.76. The average molecular weight is 999 g/mol. The Bertz CT molecular complexity index is 1660. The molecule has 31 heteroatoms. The second-order valence-electron chi connectivity index (χ2n) is 16.8. The highest BCUT2D eigenvalue weighted by atomic mass is 16.8. The Balaban J connectivity index is 1.40. The quantitative estimate of drug-likeness (QED) is 0.0606. The summed E-state index contributed by atoms with van der Waals surface area (Å²) in [6, 6.07) is -3.47. The Morgan fingerprint density at radius 3 is 1.51 bits per heavy atom. The van der Waals surface area contributed by atoms with Crippen molar-refractivity contribution < 1.29 is 144 Å². The number of carbonyl (C=O) groups excluding carboxylic acids is 2. The summed E-state index contributed by atoms with van der Waals surface area (Å²) >= 11 is 0. The summed E-state index contributed by atoms with van der Waals surface area (Å²) in [6.07, 6.45) is -47.2. The van der Waals surface area contributed by atoms with E-state index in [9.17, 15) is 101 Å². The van der Waals surface area contributed by atoms with Crippen LogP contribution in [-0.2, 0) is 57.0 Å². The van der Waals surface area contributed by atoms with Crippen LogP contribution in [0.1, 0.15) is 20.3 Å². The number of aliphatic hydroxyl groups excluding tert-OH is 16. The fourth-order valence-corrected chi connectivity index (χ4v) is 8.53. The fraction of sp³-hybridized carbons (Fsp3) is 0.919. The Kier molecular flexibility index (Phi) is 19.7. The van der Waals surface area contributed by atoms with Crippen LogP contribution in [-0.4, -0.2) is 297 Å². The largest absolute Gasteiger partial charge is 0.477 e. The van der Waals surface area contributed by atoms with Crippen LogP contribution in [0.15, 0.2) is 0 Å². The van der Waals surface area contributed by atoms with E-state index >= 15 is 0 Å². The molecule has 0 aromatic carbocycles. The van der Waals surface area contributed by atoms with Gasteiger partial charge in [-0.05, 0) is 0 Å². The SMILES string of the molecule is CC(=O)N[C@H]1[C@H](O[C@H]2[C@@H](O)[C@@H](CO)O[C@@H](O[C@@H]3[C@@H](O)[C@H](O)O[C@H](CO)[C@H]3O)[C@@H]2O)O[C@H](CO)[C@@H](O[C@@H]2O[C@H](CO)[C@H](O)[C@H](O[C@]3(C(=O)O)C[C@H](O)[C@@H](NC(C)=O)[C@H]([C@H](O)[C@H](O)CO)O3)[C@H]2O)[C@@H]1O. The van der Waals surface area contributed by atoms with E-state index in [1.807, 2.05) is 0 Å². The maximum Gasteiger partial charge on any atom is 0.364 e. The topological polar surface area (TPSA) is 502 Å². The van der Waals surface area contributed by atoms with Crippen molar-refractivity contribution in [3.05, 3.63) is 0 Å². The first kappa shape index (κ1) is 56.3. The number of hydrogen-bond acceptors (Lipinski definition) is 28. The normalized spacial score (nSPS) is 46.6. The molecular weight excluding hydrogens is 936 g/mol. The van der Waals surface area contributed by atoms with Crippen LogP contribution in [0, 0.1) is 0 Å². The molecule has 2 amide bonds. The molecule has 31 nitrogen and oxygen atoms in total. The Labute approximate surface area is 384 Å². The second-order valence-corrected chi connectivity index (χ2v) is 16.8. The monoisotopic (exact) mass is 998 g/mol. The van der Waals surface area contributed by atoms with Crippen LogP contribution >= 0.6 is 0 Å². The van der Waals surface area contributed by atoms with E-state index in [0.29, 0.717) is 0 Å². The molecular formula is C37H62N2O29. The average Bonchev–Trinajstić information content (AvgIpc) is 3.29. The lowest BCUT2D eigenvalue weighted by Crippen LogP contribution is -2.71. The van der Waals surface area contributed by atoms with Gasteiger partial charge in [0.1, 0.15) is 116 Å². The number of rotatable bonds is 18. The Hall–Kier alpha value is -2.59. The molecule has 5 aliphatic rings. The van der Waals surface area contributed by atoms with Gasteiger partial charge in [-0.25, -0.2) is 4.79 Å². The predicted octanol–water partition coefficient (Wildman–Crippen LogP) is -12.4. The van der Waals surface area contributed by atoms with Crippen LogP contribution < -0.4 is 10.6 Å². The lowest BCUT2D eigenvalue weighted by molar-refractivity contribution is -0.390. The first-order valence-corrected chi connectivity index (χ1v) is 21.2. The Morgan fingerprint density at radius 2 is 1.01 bits per heavy atom. The third-order valence-corrected chi connectivity index (χ3v) is 12.1. The van der Waals surface area contributed by atoms with Gasteiger partial charge in [0.15, 0.2) is 25.2 Å². The van der Waals surface area contributed by atoms with Crippen molar-refractivity contribution in [2.75, 3.05) is 33.0 Å². The van der Waals surface area contributed by atoms with E-state index in [1.165, 1.54) is 0 Å². The van der Waals surface area contributed by atoms with Crippen molar-refractivity contribution in [1.29, 1.82) is 0 Å². The molecule has 0 aromatic heterocycles. The summed E-state index contributed by atoms with van der Waals surface area (Å²) in [5.41, 5.74) is 0. The molecule has 26 atom stereocenters. The Morgan fingerprint density at radius 1 is 0.574 bits per heavy atom. The van der Waals surface area contributed by atoms with E-state index in [0.717, 1.165) is 13.8 Å². The molecule has 5 saturated heterocycles. The second kappa shape index (κ2) is 23.8. The summed E-state index contributed by atoms with van der Waals surface area (Å²) in [5.74, 6) is -6.93. The number of amides is 2. The van der Waals surface area contributed by atoms with Crippen LogP contribution in [0.3, 0.4) is 0 Å². The number of aliphatic hydroxyl groups is 16. The van der Waals surface area contributed by atoms with E-state index in [-0.39, 0.29) is 0 Å². The molecule has 0 aliphatic carbocycles. The fourth-order valence-electron chi connectivity index (χ4n) is 8.53. The molecule has 394 valence electrons. The zero-order chi connectivity index (χ0) is 50.7. The minimum absolute atomic E-state index is 0.811. The zero-order valence-corrected chi connectivity index (χ0v) is 36.2. The van der Waals surface area contributed by atoms with Gasteiger partial charge in [-0.3, -0.25) is 9.59 Å². The summed E-state index contributed by atoms with van der Waals surface area (Å²) in [4.78, 5) is 37.4. The lowest BCUT2D eigenvalue weighted by atomic mass is 9.88. The zero-order valence-electron chi connectivity index (χ0n) is 36.2. The summed E-state index contributed by atoms with van der Waals surface area (Å²) in [5, 5.41) is 185. The molecule has 5 rings (SSSR count). The van der Waals surface area contributed by atoms with Gasteiger partial charge in [0, 0.05) is 20.3 Å². The molecule has 0 aromatic rings. The van der Waals surface area contributed by atoms with Crippen molar-refractivity contribution in [2.24, 2.45) is 0 Å². The first-order valence-electron chi connectivity index (χ1n) is 21.2. The van der Waals surface area contributed by atoms with Crippen LogP contribution in [0.25, 0.3) is 0 Å². The van der Waals surface area contributed by atoms with Crippen LogP contribution in [0.2, 0.25) is 0 Å². The molecule has 5 heterocycles. The predicted molar refractivity (Wildman–Crippen MR) is 207 cm³/mol. The highest BCUT2D eigenvalue weighted by Crippen LogP contribution is 2.39. The maximum absolute atomic E-state index is 12.9. The number of nitrogens with one attached hydrogen (secondary N) is 2. The van der Waals surface area contributed by atoms with Gasteiger partial charge < -0.3 is 140 Å². The molecule has 5 fully saturated rings. The number of carboxylic acid groups (broad SMARTS) is 1. The van der Waals surface area contributed by atoms with Gasteiger partial charge in [0.25, 0.3) is 5.79 Å². The van der Waals surface area contributed by atoms with Crippen molar-refractivity contribution >= 4 is 17.8 Å². The molecule has 5 aliphatic heterocycles. The first-order chi connectivity index (χ1) is 32.0. The van der Waals surface area contributed by atoms with E-state index in [2.05, 4.69) is 10.6 Å². The standard InChI is InChI=1S/C37H62N2O29/c1-9(45)38-17-11(47)3-37(36(58)59,67-28(17)19(49)12(48)4-40)68-31-22(52)15(7-43)62-35(26(31)56)64-27-16(8-44)63-33(18(23(27)53)39-10(2)46)65-30-21(51)14(6-42)61-34(25(30)55)66-29-20(50)13(5-41)60-32(57)24(29)54/h11-35,40-44,47-57H,3-8H2,1-2H3,(H,38,45)(H,39,46)(H,58,59)/t11-,12+,13+,14+,15+,16+,17+,18+,19+,20+,21-,22-,23+,24+,25+,26+,27+,28+,29-,30-,31-,32+,33-,34-,35-,37-/m0/s1. The third-order valence-electron chi connectivity index (χ3n) is 12.1.